The highest BCUT2D eigenvalue weighted by molar-refractivity contribution is 8.00. The van der Waals surface area contributed by atoms with Gasteiger partial charge in [0, 0.05) is 5.75 Å². The van der Waals surface area contributed by atoms with Gasteiger partial charge in [-0.3, -0.25) is 4.79 Å². The number of carboxylic acids is 1. The quantitative estimate of drug-likeness (QED) is 0.540. The molecular formula is C7H9NO4S. The van der Waals surface area contributed by atoms with Gasteiger partial charge in [0.05, 0.1) is 18.3 Å². The Morgan fingerprint density at radius 2 is 2.38 bits per heavy atom. The van der Waals surface area contributed by atoms with E-state index in [2.05, 4.69) is 0 Å². The van der Waals surface area contributed by atoms with Crippen molar-refractivity contribution in [2.75, 3.05) is 12.3 Å². The molecule has 0 aromatic carbocycles. The van der Waals surface area contributed by atoms with Crippen LogP contribution in [0.1, 0.15) is 6.42 Å². The van der Waals surface area contributed by atoms with Crippen molar-refractivity contribution in [2.45, 2.75) is 17.4 Å². The van der Waals surface area contributed by atoms with Crippen molar-refractivity contribution in [3.8, 4) is 0 Å². The minimum atomic E-state index is -1.75. The van der Waals surface area contributed by atoms with E-state index in [1.54, 1.807) is 0 Å². The molecule has 0 aliphatic carbocycles. The summed E-state index contributed by atoms with van der Waals surface area (Å²) in [6, 6.07) is 0. The van der Waals surface area contributed by atoms with Crippen LogP contribution in [-0.2, 0) is 9.59 Å². The molecule has 2 atom stereocenters. The maximum absolute atomic E-state index is 11.0. The molecule has 0 bridgehead atoms. The second-order valence-electron chi connectivity index (χ2n) is 3.33. The van der Waals surface area contributed by atoms with Crippen molar-refractivity contribution in [2.24, 2.45) is 0 Å². The monoisotopic (exact) mass is 203 g/mol. The zero-order valence-corrected chi connectivity index (χ0v) is 7.58. The van der Waals surface area contributed by atoms with Gasteiger partial charge in [0.15, 0.2) is 5.60 Å². The fraction of sp³-hybridized carbons (Fsp3) is 0.714. The number of carboxylic acid groups (broad SMARTS) is 1. The van der Waals surface area contributed by atoms with Crippen LogP contribution < -0.4 is 0 Å². The van der Waals surface area contributed by atoms with Crippen molar-refractivity contribution in [3.63, 3.8) is 0 Å². The molecule has 0 aromatic heterocycles. The molecule has 5 nitrogen and oxygen atoms in total. The van der Waals surface area contributed by atoms with Crippen LogP contribution in [0.5, 0.6) is 0 Å². The molecule has 13 heavy (non-hydrogen) atoms. The first-order valence-corrected chi connectivity index (χ1v) is 4.95. The van der Waals surface area contributed by atoms with Gasteiger partial charge in [-0.15, -0.1) is 11.8 Å². The van der Waals surface area contributed by atoms with Crippen molar-refractivity contribution in [3.05, 3.63) is 0 Å². The minimum Gasteiger partial charge on any atom is -0.479 e. The Balaban J connectivity index is 2.11. The fourth-order valence-electron chi connectivity index (χ4n) is 1.45. The number of nitrogens with zero attached hydrogens (tertiary/aromatic N) is 1. The molecular weight excluding hydrogens is 194 g/mol. The summed E-state index contributed by atoms with van der Waals surface area (Å²) in [4.78, 5) is 23.1. The Labute approximate surface area is 78.7 Å². The normalized spacial score (nSPS) is 38.1. The standard InChI is InChI=1S/C7H9NO4S/c9-4-1-5-8(4)2-7(12,3-13-5)6(10)11/h5,12H,1-3H2,(H,10,11)/t5-,7?/m1/s1. The number of rotatable bonds is 1. The predicted molar refractivity (Wildman–Crippen MR) is 45.2 cm³/mol. The Kier molecular flexibility index (Phi) is 1.78. The lowest BCUT2D eigenvalue weighted by Crippen LogP contribution is -2.64. The first-order chi connectivity index (χ1) is 6.03. The molecule has 1 amide bonds. The van der Waals surface area contributed by atoms with Crippen LogP contribution in [0.25, 0.3) is 0 Å². The Morgan fingerprint density at radius 3 is 2.92 bits per heavy atom. The Morgan fingerprint density at radius 1 is 1.69 bits per heavy atom. The van der Waals surface area contributed by atoms with E-state index in [0.29, 0.717) is 6.42 Å². The van der Waals surface area contributed by atoms with Crippen molar-refractivity contribution in [1.82, 2.24) is 4.90 Å². The van der Waals surface area contributed by atoms with Crippen LogP contribution in [0.3, 0.4) is 0 Å². The SMILES string of the molecule is O=C1C[C@H]2SCC(O)(C(=O)O)CN12. The number of hydrogen-bond acceptors (Lipinski definition) is 4. The summed E-state index contributed by atoms with van der Waals surface area (Å²) in [5, 5.41) is 18.4. The van der Waals surface area contributed by atoms with Gasteiger partial charge in [0.25, 0.3) is 0 Å². The van der Waals surface area contributed by atoms with Gasteiger partial charge < -0.3 is 15.1 Å². The average molecular weight is 203 g/mol. The van der Waals surface area contributed by atoms with Crippen molar-refractivity contribution >= 4 is 23.6 Å². The molecule has 0 radical (unpaired) electrons. The molecule has 0 spiro atoms. The highest BCUT2D eigenvalue weighted by Gasteiger charge is 2.50. The van der Waals surface area contributed by atoms with E-state index < -0.39 is 11.6 Å². The second kappa shape index (κ2) is 2.62. The van der Waals surface area contributed by atoms with Gasteiger partial charge in [-0.1, -0.05) is 0 Å². The largest absolute Gasteiger partial charge is 0.479 e. The van der Waals surface area contributed by atoms with Crippen LogP contribution in [0.4, 0.5) is 0 Å². The number of hydrogen-bond donors (Lipinski definition) is 2. The van der Waals surface area contributed by atoms with E-state index in [1.165, 1.54) is 16.7 Å². The molecule has 2 rings (SSSR count). The minimum absolute atomic E-state index is 0.0706. The van der Waals surface area contributed by atoms with Crippen molar-refractivity contribution < 1.29 is 19.8 Å². The number of carbonyl (C=O) groups excluding carboxylic acids is 1. The molecule has 2 aliphatic heterocycles. The fourth-order valence-corrected chi connectivity index (χ4v) is 2.77. The third kappa shape index (κ3) is 1.21. The molecule has 1 unspecified atom stereocenters. The molecule has 0 aromatic rings. The zero-order valence-electron chi connectivity index (χ0n) is 6.77. The maximum atomic E-state index is 11.0. The van der Waals surface area contributed by atoms with Crippen LogP contribution in [-0.4, -0.2) is 50.3 Å². The van der Waals surface area contributed by atoms with Gasteiger partial charge >= 0.3 is 5.97 Å². The van der Waals surface area contributed by atoms with E-state index in [9.17, 15) is 14.7 Å². The second-order valence-corrected chi connectivity index (χ2v) is 4.49. The average Bonchev–Trinajstić information content (AvgIpc) is 2.07. The topological polar surface area (TPSA) is 77.8 Å². The number of amides is 1. The molecule has 2 aliphatic rings. The summed E-state index contributed by atoms with van der Waals surface area (Å²) < 4.78 is 0. The van der Waals surface area contributed by atoms with Crippen LogP contribution in [0.15, 0.2) is 0 Å². The maximum Gasteiger partial charge on any atom is 0.338 e. The smallest absolute Gasteiger partial charge is 0.338 e. The zero-order chi connectivity index (χ0) is 9.64. The summed E-state index contributed by atoms with van der Waals surface area (Å²) in [6.07, 6.45) is 0.473. The molecule has 2 fully saturated rings. The number of thioether (sulfide) groups is 1. The van der Waals surface area contributed by atoms with Crippen LogP contribution in [0.2, 0.25) is 0 Å². The molecule has 72 valence electrons. The number of fused-ring (bicyclic) bond motifs is 1. The highest BCUT2D eigenvalue weighted by Crippen LogP contribution is 2.37. The van der Waals surface area contributed by atoms with E-state index in [1.807, 2.05) is 0 Å². The van der Waals surface area contributed by atoms with E-state index in [0.717, 1.165) is 0 Å². The lowest BCUT2D eigenvalue weighted by atomic mass is 10.0. The van der Waals surface area contributed by atoms with Gasteiger partial charge in [-0.2, -0.15) is 0 Å². The number of aliphatic hydroxyl groups is 1. The van der Waals surface area contributed by atoms with Gasteiger partial charge in [0.1, 0.15) is 0 Å². The molecule has 2 saturated heterocycles. The lowest BCUT2D eigenvalue weighted by molar-refractivity contribution is -0.164. The molecule has 2 N–H and O–H groups in total. The Hall–Kier alpha value is -0.750. The van der Waals surface area contributed by atoms with Gasteiger partial charge in [0.2, 0.25) is 5.91 Å². The lowest BCUT2D eigenvalue weighted by Gasteiger charge is -2.47. The van der Waals surface area contributed by atoms with Crippen LogP contribution in [0, 0.1) is 0 Å². The number of β-lactam (4-membered cyclic amide) rings is 1. The summed E-state index contributed by atoms with van der Waals surface area (Å²) in [5.41, 5.74) is -1.75. The Bertz CT molecular complexity index is 282. The van der Waals surface area contributed by atoms with E-state index in [-0.39, 0.29) is 23.6 Å². The number of carbonyl (C=O) groups is 2. The first kappa shape index (κ1) is 8.83. The molecule has 2 heterocycles. The highest BCUT2D eigenvalue weighted by atomic mass is 32.2. The number of aliphatic carboxylic acids is 1. The van der Waals surface area contributed by atoms with Gasteiger partial charge in [-0.25, -0.2) is 4.79 Å². The first-order valence-electron chi connectivity index (χ1n) is 3.90. The van der Waals surface area contributed by atoms with E-state index in [4.69, 9.17) is 5.11 Å². The van der Waals surface area contributed by atoms with Crippen molar-refractivity contribution in [1.29, 1.82) is 0 Å². The third-order valence-corrected chi connectivity index (χ3v) is 3.81. The summed E-state index contributed by atoms with van der Waals surface area (Å²) >= 11 is 1.33. The molecule has 6 heteroatoms. The van der Waals surface area contributed by atoms with Crippen LogP contribution >= 0.6 is 11.8 Å². The van der Waals surface area contributed by atoms with E-state index >= 15 is 0 Å². The third-order valence-electron chi connectivity index (χ3n) is 2.36. The summed E-state index contributed by atoms with van der Waals surface area (Å²) in [7, 11) is 0. The van der Waals surface area contributed by atoms with Gasteiger partial charge in [-0.05, 0) is 0 Å². The summed E-state index contributed by atoms with van der Waals surface area (Å²) in [6.45, 7) is -0.0706. The predicted octanol–water partition coefficient (Wildman–Crippen LogP) is -0.893. The molecule has 0 saturated carbocycles. The summed E-state index contributed by atoms with van der Waals surface area (Å²) in [5.74, 6) is -1.16.